The lowest BCUT2D eigenvalue weighted by Crippen LogP contribution is -2.34. The van der Waals surface area contributed by atoms with Crippen LogP contribution in [0.4, 0.5) is 0 Å². The maximum atomic E-state index is 12.8. The Hall–Kier alpha value is -2.27. The van der Waals surface area contributed by atoms with Crippen LogP contribution in [0.25, 0.3) is 0 Å². The summed E-state index contributed by atoms with van der Waals surface area (Å²) in [5, 5.41) is 0.0416. The van der Waals surface area contributed by atoms with Crippen molar-refractivity contribution in [2.45, 2.75) is 58.3 Å². The third kappa shape index (κ3) is 8.23. The number of carbonyl (C=O) groups excluding carboxylic acids is 2. The fraction of sp³-hybridized carbons (Fsp3) is 0.440. The van der Waals surface area contributed by atoms with Crippen molar-refractivity contribution in [1.82, 2.24) is 4.72 Å². The van der Waals surface area contributed by atoms with Gasteiger partial charge in [-0.3, -0.25) is 14.3 Å². The van der Waals surface area contributed by atoms with Crippen molar-refractivity contribution in [3.63, 3.8) is 0 Å². The van der Waals surface area contributed by atoms with Crippen LogP contribution in [0.5, 0.6) is 0 Å². The van der Waals surface area contributed by atoms with Crippen molar-refractivity contribution in [1.29, 1.82) is 0 Å². The fourth-order valence-corrected chi connectivity index (χ4v) is 4.11. The summed E-state index contributed by atoms with van der Waals surface area (Å²) in [5.41, 5.74) is 1.28. The lowest BCUT2D eigenvalue weighted by Gasteiger charge is -2.28. The Morgan fingerprint density at radius 2 is 1.53 bits per heavy atom. The predicted octanol–water partition coefficient (Wildman–Crippen LogP) is 5.68. The standard InChI is InChI=1S/C25H33NO3S/c1-18(2)22(24(28)29-25(3,4)5)17-21(16-19-12-8-6-9-13-19)30-26-23(27)20-14-10-7-11-15-20/h6-15,18,21-22H,16-17H2,1-5H3,(H,26,27). The fourth-order valence-electron chi connectivity index (χ4n) is 3.14. The van der Waals surface area contributed by atoms with E-state index < -0.39 is 5.60 Å². The smallest absolute Gasteiger partial charge is 0.309 e. The van der Waals surface area contributed by atoms with E-state index in [0.29, 0.717) is 12.0 Å². The van der Waals surface area contributed by atoms with Gasteiger partial charge in [-0.25, -0.2) is 0 Å². The minimum Gasteiger partial charge on any atom is -0.460 e. The average Bonchev–Trinajstić information content (AvgIpc) is 2.69. The molecule has 1 amide bonds. The second-order valence-electron chi connectivity index (χ2n) is 8.85. The van der Waals surface area contributed by atoms with Gasteiger partial charge in [0.05, 0.1) is 5.92 Å². The van der Waals surface area contributed by atoms with Crippen molar-refractivity contribution >= 4 is 23.8 Å². The summed E-state index contributed by atoms with van der Waals surface area (Å²) in [7, 11) is 0. The van der Waals surface area contributed by atoms with Crippen molar-refractivity contribution in [2.24, 2.45) is 11.8 Å². The number of nitrogens with one attached hydrogen (secondary N) is 1. The predicted molar refractivity (Wildman–Crippen MR) is 124 cm³/mol. The van der Waals surface area contributed by atoms with E-state index in [0.717, 1.165) is 6.42 Å². The minimum atomic E-state index is -0.520. The first-order chi connectivity index (χ1) is 14.2. The summed E-state index contributed by atoms with van der Waals surface area (Å²) >= 11 is 1.39. The Morgan fingerprint density at radius 1 is 0.967 bits per heavy atom. The number of ether oxygens (including phenoxy) is 1. The number of amides is 1. The van der Waals surface area contributed by atoms with Crippen molar-refractivity contribution in [3.8, 4) is 0 Å². The maximum absolute atomic E-state index is 12.8. The van der Waals surface area contributed by atoms with Gasteiger partial charge in [-0.1, -0.05) is 62.4 Å². The van der Waals surface area contributed by atoms with E-state index in [1.54, 1.807) is 12.1 Å². The molecule has 0 saturated heterocycles. The third-order valence-corrected chi connectivity index (χ3v) is 5.69. The van der Waals surface area contributed by atoms with Crippen molar-refractivity contribution in [3.05, 3.63) is 71.8 Å². The largest absolute Gasteiger partial charge is 0.460 e. The van der Waals surface area contributed by atoms with Crippen LogP contribution in [0.2, 0.25) is 0 Å². The van der Waals surface area contributed by atoms with E-state index in [-0.39, 0.29) is 29.0 Å². The van der Waals surface area contributed by atoms with Gasteiger partial charge in [-0.2, -0.15) is 0 Å². The van der Waals surface area contributed by atoms with Crippen LogP contribution in [-0.4, -0.2) is 22.7 Å². The Morgan fingerprint density at radius 3 is 2.07 bits per heavy atom. The van der Waals surface area contributed by atoms with Crippen LogP contribution in [0.3, 0.4) is 0 Å². The lowest BCUT2D eigenvalue weighted by atomic mass is 9.89. The van der Waals surface area contributed by atoms with Crippen LogP contribution in [0.1, 0.15) is 57.0 Å². The molecule has 30 heavy (non-hydrogen) atoms. The molecule has 162 valence electrons. The van der Waals surface area contributed by atoms with Gasteiger partial charge < -0.3 is 4.74 Å². The molecule has 1 N–H and O–H groups in total. The van der Waals surface area contributed by atoms with Crippen molar-refractivity contribution < 1.29 is 14.3 Å². The van der Waals surface area contributed by atoms with Gasteiger partial charge in [-0.05, 0) is 69.2 Å². The quantitative estimate of drug-likeness (QED) is 0.413. The highest BCUT2D eigenvalue weighted by molar-refractivity contribution is 7.98. The highest BCUT2D eigenvalue weighted by Crippen LogP contribution is 2.28. The molecule has 2 aromatic rings. The van der Waals surface area contributed by atoms with Crippen LogP contribution in [0.15, 0.2) is 60.7 Å². The first kappa shape index (κ1) is 24.0. The van der Waals surface area contributed by atoms with Crippen molar-refractivity contribution in [2.75, 3.05) is 0 Å². The normalized spacial score (nSPS) is 13.5. The van der Waals surface area contributed by atoms with Gasteiger partial charge in [0.15, 0.2) is 0 Å². The molecule has 0 spiro atoms. The van der Waals surface area contributed by atoms with Gasteiger partial charge >= 0.3 is 5.97 Å². The molecule has 0 aliphatic heterocycles. The van der Waals surface area contributed by atoms with E-state index in [2.05, 4.69) is 16.9 Å². The molecule has 0 aliphatic rings. The Balaban J connectivity index is 2.12. The summed E-state index contributed by atoms with van der Waals surface area (Å²) in [6.07, 6.45) is 1.38. The van der Waals surface area contributed by atoms with Crippen LogP contribution in [0, 0.1) is 11.8 Å². The zero-order valence-corrected chi connectivity index (χ0v) is 19.4. The summed E-state index contributed by atoms with van der Waals surface area (Å²) in [4.78, 5) is 25.3. The van der Waals surface area contributed by atoms with Crippen LogP contribution >= 0.6 is 11.9 Å². The monoisotopic (exact) mass is 427 g/mol. The second-order valence-corrected chi connectivity index (χ2v) is 9.95. The molecule has 5 heteroatoms. The van der Waals surface area contributed by atoms with Gasteiger partial charge in [0.1, 0.15) is 5.60 Å². The number of rotatable bonds is 9. The van der Waals surface area contributed by atoms with E-state index in [1.807, 2.05) is 71.0 Å². The SMILES string of the molecule is CC(C)C(CC(Cc1ccccc1)SNC(=O)c1ccccc1)C(=O)OC(C)(C)C. The molecule has 0 aromatic heterocycles. The lowest BCUT2D eigenvalue weighted by molar-refractivity contribution is -0.161. The number of benzene rings is 2. The molecule has 0 radical (unpaired) electrons. The number of hydrogen-bond donors (Lipinski definition) is 1. The molecular weight excluding hydrogens is 394 g/mol. The van der Waals surface area contributed by atoms with Crippen LogP contribution < -0.4 is 4.72 Å². The summed E-state index contributed by atoms with van der Waals surface area (Å²) in [5.74, 6) is -0.398. The highest BCUT2D eigenvalue weighted by Gasteiger charge is 2.31. The minimum absolute atomic E-state index is 0.0416. The molecule has 0 bridgehead atoms. The molecule has 2 aromatic carbocycles. The Kier molecular flexibility index (Phi) is 8.97. The molecule has 2 atom stereocenters. The summed E-state index contributed by atoms with van der Waals surface area (Å²) in [6, 6.07) is 19.3. The molecule has 0 aliphatic carbocycles. The number of carbonyl (C=O) groups is 2. The van der Waals surface area contributed by atoms with Gasteiger partial charge in [0.2, 0.25) is 0 Å². The molecule has 0 saturated carbocycles. The van der Waals surface area contributed by atoms with E-state index >= 15 is 0 Å². The molecule has 0 heterocycles. The Bertz CT molecular complexity index is 800. The van der Waals surface area contributed by atoms with Gasteiger partial charge in [0.25, 0.3) is 5.91 Å². The van der Waals surface area contributed by atoms with Crippen LogP contribution in [-0.2, 0) is 16.0 Å². The molecule has 0 fully saturated rings. The summed E-state index contributed by atoms with van der Waals surface area (Å²) < 4.78 is 8.65. The van der Waals surface area contributed by atoms with E-state index in [4.69, 9.17) is 4.74 Å². The summed E-state index contributed by atoms with van der Waals surface area (Å²) in [6.45, 7) is 9.75. The number of esters is 1. The topological polar surface area (TPSA) is 55.4 Å². The number of hydrogen-bond acceptors (Lipinski definition) is 4. The zero-order valence-electron chi connectivity index (χ0n) is 18.6. The van der Waals surface area contributed by atoms with Gasteiger partial charge in [-0.15, -0.1) is 0 Å². The van der Waals surface area contributed by atoms with E-state index in [9.17, 15) is 9.59 Å². The third-order valence-electron chi connectivity index (χ3n) is 4.69. The first-order valence-corrected chi connectivity index (χ1v) is 11.3. The average molecular weight is 428 g/mol. The molecule has 2 unspecified atom stereocenters. The second kappa shape index (κ2) is 11.2. The molecular formula is C25H33NO3S. The molecule has 2 rings (SSSR count). The first-order valence-electron chi connectivity index (χ1n) is 10.4. The Labute approximate surface area is 184 Å². The zero-order chi connectivity index (χ0) is 22.1. The highest BCUT2D eigenvalue weighted by atomic mass is 32.2. The van der Waals surface area contributed by atoms with E-state index in [1.165, 1.54) is 17.5 Å². The molecule has 4 nitrogen and oxygen atoms in total. The van der Waals surface area contributed by atoms with Gasteiger partial charge in [0, 0.05) is 10.8 Å². The maximum Gasteiger partial charge on any atom is 0.309 e.